The van der Waals surface area contributed by atoms with Crippen LogP contribution in [0.3, 0.4) is 0 Å². The summed E-state index contributed by atoms with van der Waals surface area (Å²) < 4.78 is 25.9. The van der Waals surface area contributed by atoms with Crippen molar-refractivity contribution in [3.8, 4) is 0 Å². The fourth-order valence-electron chi connectivity index (χ4n) is 2.07. The predicted molar refractivity (Wildman–Crippen MR) is 47.8 cm³/mol. The molecule has 3 heteroatoms. The van der Waals surface area contributed by atoms with E-state index in [1.54, 1.807) is 0 Å². The van der Waals surface area contributed by atoms with Crippen molar-refractivity contribution in [2.75, 3.05) is 0 Å². The average molecular weight is 192 g/mol. The largest absolute Gasteiger partial charge is 0.393 e. The van der Waals surface area contributed by atoms with E-state index in [0.29, 0.717) is 12.8 Å². The molecule has 0 heterocycles. The van der Waals surface area contributed by atoms with Crippen LogP contribution in [0.2, 0.25) is 0 Å². The number of aliphatic hydroxyl groups is 1. The van der Waals surface area contributed by atoms with Crippen LogP contribution in [-0.4, -0.2) is 17.1 Å². The minimum atomic E-state index is -2.53. The van der Waals surface area contributed by atoms with Gasteiger partial charge in [-0.15, -0.1) is 0 Å². The van der Waals surface area contributed by atoms with Crippen LogP contribution in [0.15, 0.2) is 0 Å². The van der Waals surface area contributed by atoms with Crippen LogP contribution in [0.1, 0.15) is 45.4 Å². The zero-order chi connectivity index (χ0) is 9.90. The van der Waals surface area contributed by atoms with Crippen molar-refractivity contribution >= 4 is 0 Å². The van der Waals surface area contributed by atoms with Crippen molar-refractivity contribution in [2.24, 2.45) is 5.92 Å². The summed E-state index contributed by atoms with van der Waals surface area (Å²) >= 11 is 0. The van der Waals surface area contributed by atoms with E-state index in [2.05, 4.69) is 0 Å². The topological polar surface area (TPSA) is 20.2 Å². The van der Waals surface area contributed by atoms with Gasteiger partial charge < -0.3 is 5.11 Å². The Hall–Kier alpha value is -0.180. The molecule has 1 N–H and O–H groups in total. The number of hydrogen-bond acceptors (Lipinski definition) is 1. The van der Waals surface area contributed by atoms with Crippen molar-refractivity contribution in [1.82, 2.24) is 0 Å². The molecule has 0 bridgehead atoms. The van der Waals surface area contributed by atoms with Gasteiger partial charge in [0.1, 0.15) is 0 Å². The highest BCUT2D eigenvalue weighted by Gasteiger charge is 2.38. The Morgan fingerprint density at radius 1 is 1.54 bits per heavy atom. The van der Waals surface area contributed by atoms with Crippen molar-refractivity contribution in [3.63, 3.8) is 0 Å². The molecule has 1 nitrogen and oxygen atoms in total. The van der Waals surface area contributed by atoms with Crippen LogP contribution in [0.5, 0.6) is 0 Å². The smallest absolute Gasteiger partial charge is 0.248 e. The Bertz CT molecular complexity index is 159. The molecule has 0 spiro atoms. The fourth-order valence-corrected chi connectivity index (χ4v) is 2.07. The van der Waals surface area contributed by atoms with Gasteiger partial charge in [0.2, 0.25) is 5.92 Å². The molecule has 0 radical (unpaired) electrons. The van der Waals surface area contributed by atoms with Gasteiger partial charge in [-0.3, -0.25) is 0 Å². The highest BCUT2D eigenvalue weighted by atomic mass is 19.3. The highest BCUT2D eigenvalue weighted by molar-refractivity contribution is 4.82. The summed E-state index contributed by atoms with van der Waals surface area (Å²) in [6.45, 7) is 1.96. The molecule has 1 aliphatic carbocycles. The molecule has 1 unspecified atom stereocenters. The summed E-state index contributed by atoms with van der Waals surface area (Å²) in [5.41, 5.74) is 0. The van der Waals surface area contributed by atoms with E-state index in [1.165, 1.54) is 0 Å². The van der Waals surface area contributed by atoms with Gasteiger partial charge in [-0.2, -0.15) is 0 Å². The van der Waals surface area contributed by atoms with E-state index in [9.17, 15) is 13.9 Å². The van der Waals surface area contributed by atoms with Gasteiger partial charge in [0, 0.05) is 12.8 Å². The summed E-state index contributed by atoms with van der Waals surface area (Å²) in [6.07, 6.45) is 2.20. The molecule has 0 aliphatic heterocycles. The van der Waals surface area contributed by atoms with Crippen molar-refractivity contribution in [1.29, 1.82) is 0 Å². The average Bonchev–Trinajstić information content (AvgIpc) is 2.03. The summed E-state index contributed by atoms with van der Waals surface area (Å²) in [5.74, 6) is -2.71. The van der Waals surface area contributed by atoms with E-state index < -0.39 is 12.0 Å². The Kier molecular flexibility index (Phi) is 3.65. The number of alkyl halides is 2. The van der Waals surface area contributed by atoms with E-state index in [1.807, 2.05) is 6.92 Å². The lowest BCUT2D eigenvalue weighted by Gasteiger charge is -2.31. The summed E-state index contributed by atoms with van der Waals surface area (Å²) in [5, 5.41) is 9.57. The van der Waals surface area contributed by atoms with Crippen LogP contribution in [-0.2, 0) is 0 Å². The van der Waals surface area contributed by atoms with E-state index in [-0.39, 0.29) is 18.8 Å². The standard InChI is InChI=1S/C10H18F2O/c1-2-4-9(13)8-5-3-6-10(11,12)7-8/h8-9,13H,2-7H2,1H3/t8?,9-/m1/s1. The zero-order valence-corrected chi connectivity index (χ0v) is 8.10. The monoisotopic (exact) mass is 192 g/mol. The number of hydrogen-bond donors (Lipinski definition) is 1. The first-order chi connectivity index (χ1) is 6.05. The first kappa shape index (κ1) is 10.9. The normalized spacial score (nSPS) is 30.0. The lowest BCUT2D eigenvalue weighted by Crippen LogP contribution is -2.32. The zero-order valence-electron chi connectivity index (χ0n) is 8.10. The Balaban J connectivity index is 2.42. The van der Waals surface area contributed by atoms with Crippen LogP contribution in [0, 0.1) is 5.92 Å². The summed E-state index contributed by atoms with van der Waals surface area (Å²) in [7, 11) is 0. The van der Waals surface area contributed by atoms with Crippen molar-refractivity contribution in [2.45, 2.75) is 57.5 Å². The second kappa shape index (κ2) is 4.36. The maximum Gasteiger partial charge on any atom is 0.248 e. The van der Waals surface area contributed by atoms with Crippen LogP contribution >= 0.6 is 0 Å². The lowest BCUT2D eigenvalue weighted by molar-refractivity contribution is -0.0764. The SMILES string of the molecule is CCC[C@@H](O)C1CCCC(F)(F)C1. The molecule has 1 fully saturated rings. The summed E-state index contributed by atoms with van der Waals surface area (Å²) in [4.78, 5) is 0. The third kappa shape index (κ3) is 3.22. The number of aliphatic hydroxyl groups excluding tert-OH is 1. The second-order valence-corrected chi connectivity index (χ2v) is 4.07. The Morgan fingerprint density at radius 3 is 2.77 bits per heavy atom. The third-order valence-electron chi connectivity index (χ3n) is 2.81. The van der Waals surface area contributed by atoms with E-state index in [4.69, 9.17) is 0 Å². The third-order valence-corrected chi connectivity index (χ3v) is 2.81. The van der Waals surface area contributed by atoms with Gasteiger partial charge in [-0.1, -0.05) is 13.3 Å². The van der Waals surface area contributed by atoms with E-state index in [0.717, 1.165) is 12.8 Å². The van der Waals surface area contributed by atoms with Crippen molar-refractivity contribution < 1.29 is 13.9 Å². The molecule has 2 atom stereocenters. The maximum atomic E-state index is 12.9. The minimum Gasteiger partial charge on any atom is -0.393 e. The predicted octanol–water partition coefficient (Wildman–Crippen LogP) is 2.97. The van der Waals surface area contributed by atoms with Crippen LogP contribution in [0.4, 0.5) is 8.78 Å². The van der Waals surface area contributed by atoms with Gasteiger partial charge in [0.25, 0.3) is 0 Å². The van der Waals surface area contributed by atoms with Gasteiger partial charge in [0.15, 0.2) is 0 Å². The van der Waals surface area contributed by atoms with Crippen LogP contribution < -0.4 is 0 Å². The second-order valence-electron chi connectivity index (χ2n) is 4.07. The molecule has 78 valence electrons. The van der Waals surface area contributed by atoms with Gasteiger partial charge in [-0.25, -0.2) is 8.78 Å². The maximum absolute atomic E-state index is 12.9. The molecule has 0 aromatic heterocycles. The molecule has 13 heavy (non-hydrogen) atoms. The van der Waals surface area contributed by atoms with Gasteiger partial charge in [0.05, 0.1) is 6.10 Å². The molecule has 0 aromatic carbocycles. The number of halogens is 2. The summed E-state index contributed by atoms with van der Waals surface area (Å²) in [6, 6.07) is 0. The quantitative estimate of drug-likeness (QED) is 0.728. The lowest BCUT2D eigenvalue weighted by atomic mass is 9.82. The van der Waals surface area contributed by atoms with Gasteiger partial charge in [-0.05, 0) is 25.2 Å². The molecule has 1 rings (SSSR count). The molecular weight excluding hydrogens is 174 g/mol. The van der Waals surface area contributed by atoms with Crippen LogP contribution in [0.25, 0.3) is 0 Å². The number of rotatable bonds is 3. The highest BCUT2D eigenvalue weighted by Crippen LogP contribution is 2.38. The van der Waals surface area contributed by atoms with Crippen molar-refractivity contribution in [3.05, 3.63) is 0 Å². The first-order valence-electron chi connectivity index (χ1n) is 5.11. The first-order valence-corrected chi connectivity index (χ1v) is 5.11. The molecule has 1 saturated carbocycles. The molecule has 0 saturated heterocycles. The molecule has 0 amide bonds. The van der Waals surface area contributed by atoms with Gasteiger partial charge >= 0.3 is 0 Å². The Labute approximate surface area is 78.1 Å². The minimum absolute atomic E-state index is 0.00233. The molecule has 0 aromatic rings. The molecular formula is C10H18F2O. The van der Waals surface area contributed by atoms with E-state index >= 15 is 0 Å². The fraction of sp³-hybridized carbons (Fsp3) is 1.00. The molecule has 1 aliphatic rings. The Morgan fingerprint density at radius 2 is 2.23 bits per heavy atom.